The molecule has 0 amide bonds. The number of rotatable bonds is 10. The fourth-order valence-corrected chi connectivity index (χ4v) is 4.28. The Hall–Kier alpha value is -5.76. The van der Waals surface area contributed by atoms with E-state index in [2.05, 4.69) is 0 Å². The topological polar surface area (TPSA) is 98.9 Å². The van der Waals surface area contributed by atoms with Crippen LogP contribution in [0.4, 0.5) is 10.1 Å². The largest absolute Gasteiger partial charge is 0.485 e. The molecule has 7 nitrogen and oxygen atoms in total. The molecular weight excluding hydrogens is 537 g/mol. The smallest absolute Gasteiger partial charge is 0.336 e. The van der Waals surface area contributed by atoms with Crippen molar-refractivity contribution in [3.63, 3.8) is 0 Å². The summed E-state index contributed by atoms with van der Waals surface area (Å²) in [5.74, 6) is -0.718. The molecule has 0 radical (unpaired) electrons. The molecule has 5 aromatic rings. The van der Waals surface area contributed by atoms with Gasteiger partial charge in [-0.25, -0.2) is 9.18 Å². The van der Waals surface area contributed by atoms with E-state index in [0.717, 1.165) is 5.56 Å². The Morgan fingerprint density at radius 3 is 2.19 bits per heavy atom. The first-order valence-electron chi connectivity index (χ1n) is 12.9. The molecule has 5 aromatic carbocycles. The summed E-state index contributed by atoms with van der Waals surface area (Å²) in [4.78, 5) is 23.3. The third-order valence-electron chi connectivity index (χ3n) is 6.40. The first kappa shape index (κ1) is 27.8. The second-order valence-corrected chi connectivity index (χ2v) is 9.25. The van der Waals surface area contributed by atoms with E-state index >= 15 is 0 Å². The number of nitro groups is 1. The highest BCUT2D eigenvalue weighted by Crippen LogP contribution is 2.37. The lowest BCUT2D eigenvalue weighted by molar-refractivity contribution is -0.385. The molecule has 0 fully saturated rings. The SMILES string of the molecule is O=C(O)c1ccc(-c2ccc(F)cc2)cc1/C=C/c1ccc(Oc2ccccc2OCc2ccccc2)c([N+](=O)[O-])c1. The number of aromatic carboxylic acids is 1. The van der Waals surface area contributed by atoms with Crippen molar-refractivity contribution in [3.05, 3.63) is 153 Å². The minimum atomic E-state index is -1.12. The third-order valence-corrected chi connectivity index (χ3v) is 6.40. The van der Waals surface area contributed by atoms with E-state index in [1.807, 2.05) is 30.3 Å². The molecule has 0 saturated heterocycles. The van der Waals surface area contributed by atoms with Crippen molar-refractivity contribution >= 4 is 23.8 Å². The van der Waals surface area contributed by atoms with Gasteiger partial charge in [0.15, 0.2) is 11.5 Å². The highest BCUT2D eigenvalue weighted by atomic mass is 19.1. The predicted molar refractivity (Wildman–Crippen MR) is 158 cm³/mol. The fourth-order valence-electron chi connectivity index (χ4n) is 4.28. The van der Waals surface area contributed by atoms with Crippen molar-refractivity contribution in [1.29, 1.82) is 0 Å². The summed E-state index contributed by atoms with van der Waals surface area (Å²) in [5.41, 5.74) is 3.01. The Morgan fingerprint density at radius 1 is 0.786 bits per heavy atom. The molecule has 0 aliphatic carbocycles. The highest BCUT2D eigenvalue weighted by Gasteiger charge is 2.18. The van der Waals surface area contributed by atoms with E-state index in [4.69, 9.17) is 9.47 Å². The Morgan fingerprint density at radius 2 is 1.48 bits per heavy atom. The van der Waals surface area contributed by atoms with Crippen molar-refractivity contribution in [2.24, 2.45) is 0 Å². The van der Waals surface area contributed by atoms with Gasteiger partial charge in [0, 0.05) is 6.07 Å². The average Bonchev–Trinajstić information content (AvgIpc) is 3.00. The Bertz CT molecular complexity index is 1770. The van der Waals surface area contributed by atoms with Crippen LogP contribution >= 0.6 is 0 Å². The number of carbonyl (C=O) groups is 1. The van der Waals surface area contributed by atoms with Gasteiger partial charge in [-0.3, -0.25) is 10.1 Å². The number of nitro benzene ring substituents is 1. The monoisotopic (exact) mass is 561 g/mol. The Kier molecular flexibility index (Phi) is 8.34. The molecule has 42 heavy (non-hydrogen) atoms. The zero-order valence-corrected chi connectivity index (χ0v) is 22.1. The van der Waals surface area contributed by atoms with Gasteiger partial charge < -0.3 is 14.6 Å². The van der Waals surface area contributed by atoms with Gasteiger partial charge in [0.05, 0.1) is 10.5 Å². The van der Waals surface area contributed by atoms with Crippen LogP contribution in [0, 0.1) is 15.9 Å². The van der Waals surface area contributed by atoms with Crippen LogP contribution in [-0.2, 0) is 6.61 Å². The fraction of sp³-hybridized carbons (Fsp3) is 0.0294. The molecule has 0 saturated carbocycles. The van der Waals surface area contributed by atoms with E-state index in [1.165, 1.54) is 30.3 Å². The lowest BCUT2D eigenvalue weighted by atomic mass is 9.98. The minimum Gasteiger partial charge on any atom is -0.485 e. The molecule has 1 N–H and O–H groups in total. The van der Waals surface area contributed by atoms with Crippen LogP contribution < -0.4 is 9.47 Å². The summed E-state index contributed by atoms with van der Waals surface area (Å²) in [5, 5.41) is 21.6. The highest BCUT2D eigenvalue weighted by molar-refractivity contribution is 5.94. The van der Waals surface area contributed by atoms with E-state index in [9.17, 15) is 24.4 Å². The molecule has 0 aliphatic heterocycles. The number of benzene rings is 5. The van der Waals surface area contributed by atoms with Gasteiger partial charge >= 0.3 is 11.7 Å². The number of halogens is 1. The minimum absolute atomic E-state index is 0.0254. The number of carboxylic acid groups (broad SMARTS) is 1. The molecular formula is C34H24FNO6. The molecule has 208 valence electrons. The lowest BCUT2D eigenvalue weighted by Crippen LogP contribution is -2.00. The van der Waals surface area contributed by atoms with E-state index in [-0.39, 0.29) is 22.8 Å². The maximum Gasteiger partial charge on any atom is 0.336 e. The van der Waals surface area contributed by atoms with Crippen molar-refractivity contribution in [1.82, 2.24) is 0 Å². The van der Waals surface area contributed by atoms with Gasteiger partial charge in [-0.1, -0.05) is 78.9 Å². The Labute approximate surface area is 240 Å². The summed E-state index contributed by atoms with van der Waals surface area (Å²) in [7, 11) is 0. The standard InChI is InChI=1S/C34H24FNO6/c35-28-16-13-25(14-17-28)26-15-18-29(34(37)38)27(21-26)12-10-23-11-19-31(30(20-23)36(39)40)42-33-9-5-4-8-32(33)41-22-24-6-2-1-3-7-24/h1-21H,22H2,(H,37,38)/b12-10+. The first-order valence-corrected chi connectivity index (χ1v) is 12.9. The summed E-state index contributed by atoms with van der Waals surface area (Å²) in [6, 6.07) is 31.6. The van der Waals surface area contributed by atoms with E-state index in [1.54, 1.807) is 66.7 Å². The van der Waals surface area contributed by atoms with Crippen LogP contribution in [0.15, 0.2) is 115 Å². The molecule has 0 unspecified atom stereocenters. The zero-order valence-electron chi connectivity index (χ0n) is 22.1. The molecule has 0 aromatic heterocycles. The van der Waals surface area contributed by atoms with E-state index in [0.29, 0.717) is 40.4 Å². The second-order valence-electron chi connectivity index (χ2n) is 9.25. The Balaban J connectivity index is 1.41. The van der Waals surface area contributed by atoms with E-state index < -0.39 is 10.9 Å². The quantitative estimate of drug-likeness (QED) is 0.104. The molecule has 0 bridgehead atoms. The van der Waals surface area contributed by atoms with Gasteiger partial charge in [-0.15, -0.1) is 0 Å². The third kappa shape index (κ3) is 6.68. The second kappa shape index (κ2) is 12.6. The molecule has 8 heteroatoms. The molecule has 0 aliphatic rings. The van der Waals surface area contributed by atoms with Gasteiger partial charge in [0.2, 0.25) is 5.75 Å². The lowest BCUT2D eigenvalue weighted by Gasteiger charge is -2.13. The maximum absolute atomic E-state index is 13.4. The van der Waals surface area contributed by atoms with Crippen molar-refractivity contribution in [2.45, 2.75) is 6.61 Å². The zero-order chi connectivity index (χ0) is 29.5. The molecule has 5 rings (SSSR count). The number of carboxylic acids is 1. The van der Waals surface area contributed by atoms with Gasteiger partial charge in [0.1, 0.15) is 12.4 Å². The van der Waals surface area contributed by atoms with Crippen molar-refractivity contribution < 1.29 is 28.7 Å². The van der Waals surface area contributed by atoms with Crippen LogP contribution in [0.25, 0.3) is 23.3 Å². The summed E-state index contributed by atoms with van der Waals surface area (Å²) in [6.45, 7) is 0.299. The molecule has 0 spiro atoms. The summed E-state index contributed by atoms with van der Waals surface area (Å²) < 4.78 is 25.2. The van der Waals surface area contributed by atoms with Crippen LogP contribution in [0.3, 0.4) is 0 Å². The molecule has 0 atom stereocenters. The normalized spacial score (nSPS) is 10.9. The average molecular weight is 562 g/mol. The van der Waals surface area contributed by atoms with Gasteiger partial charge in [0.25, 0.3) is 0 Å². The van der Waals surface area contributed by atoms with Crippen LogP contribution in [0.2, 0.25) is 0 Å². The van der Waals surface area contributed by atoms with Gasteiger partial charge in [-0.2, -0.15) is 0 Å². The molecule has 0 heterocycles. The number of nitrogens with zero attached hydrogens (tertiary/aromatic N) is 1. The van der Waals surface area contributed by atoms with Gasteiger partial charge in [-0.05, 0) is 70.3 Å². The summed E-state index contributed by atoms with van der Waals surface area (Å²) in [6.07, 6.45) is 3.16. The summed E-state index contributed by atoms with van der Waals surface area (Å²) >= 11 is 0. The van der Waals surface area contributed by atoms with Crippen LogP contribution in [0.5, 0.6) is 17.2 Å². The predicted octanol–water partition coefficient (Wildman–Crippen LogP) is 8.64. The van der Waals surface area contributed by atoms with Crippen molar-refractivity contribution in [3.8, 4) is 28.4 Å². The maximum atomic E-state index is 13.4. The van der Waals surface area contributed by atoms with Crippen molar-refractivity contribution in [2.75, 3.05) is 0 Å². The van der Waals surface area contributed by atoms with Crippen LogP contribution in [0.1, 0.15) is 27.0 Å². The number of hydrogen-bond acceptors (Lipinski definition) is 5. The number of hydrogen-bond donors (Lipinski definition) is 1. The first-order chi connectivity index (χ1) is 20.4. The number of ether oxygens (including phenoxy) is 2. The van der Waals surface area contributed by atoms with Crippen LogP contribution in [-0.4, -0.2) is 16.0 Å². The number of para-hydroxylation sites is 2.